The minimum absolute atomic E-state index is 0.336. The summed E-state index contributed by atoms with van der Waals surface area (Å²) in [6, 6.07) is 21.2. The Labute approximate surface area is 179 Å². The maximum atomic E-state index is 12.4. The number of ether oxygens (including phenoxy) is 1. The summed E-state index contributed by atoms with van der Waals surface area (Å²) in [5.74, 6) is 0.226. The molecule has 1 aromatic heterocycles. The first kappa shape index (κ1) is 20.2. The van der Waals surface area contributed by atoms with Crippen LogP contribution < -0.4 is 5.32 Å². The fraction of sp³-hybridized carbons (Fsp3) is 0.261. The molecule has 0 saturated heterocycles. The first-order chi connectivity index (χ1) is 14.6. The Bertz CT molecular complexity index is 1020. The van der Waals surface area contributed by atoms with Gasteiger partial charge in [0.2, 0.25) is 0 Å². The van der Waals surface area contributed by atoms with Crippen molar-refractivity contribution in [1.82, 2.24) is 9.78 Å². The van der Waals surface area contributed by atoms with E-state index in [0.29, 0.717) is 11.7 Å². The molecule has 1 amide bonds. The van der Waals surface area contributed by atoms with Gasteiger partial charge in [-0.25, -0.2) is 4.68 Å². The largest absolute Gasteiger partial charge is 0.455 e. The molecule has 30 heavy (non-hydrogen) atoms. The van der Waals surface area contributed by atoms with Gasteiger partial charge < -0.3 is 10.1 Å². The van der Waals surface area contributed by atoms with Gasteiger partial charge in [-0.3, -0.25) is 9.59 Å². The fourth-order valence-electron chi connectivity index (χ4n) is 3.02. The molecule has 1 aliphatic carbocycles. The number of aromatic nitrogens is 2. The first-order valence-electron chi connectivity index (χ1n) is 9.94. The predicted octanol–water partition coefficient (Wildman–Crippen LogP) is 4.41. The fourth-order valence-corrected chi connectivity index (χ4v) is 3.90. The van der Waals surface area contributed by atoms with E-state index in [0.717, 1.165) is 29.1 Å². The highest BCUT2D eigenvalue weighted by Crippen LogP contribution is 2.40. The summed E-state index contributed by atoms with van der Waals surface area (Å²) in [4.78, 5) is 25.7. The van der Waals surface area contributed by atoms with Gasteiger partial charge in [-0.1, -0.05) is 36.4 Å². The Morgan fingerprint density at radius 2 is 1.80 bits per heavy atom. The van der Waals surface area contributed by atoms with E-state index in [1.165, 1.54) is 11.8 Å². The number of nitrogens with one attached hydrogen (secondary N) is 1. The molecule has 4 rings (SSSR count). The van der Waals surface area contributed by atoms with Crippen LogP contribution in [-0.4, -0.2) is 33.5 Å². The summed E-state index contributed by atoms with van der Waals surface area (Å²) in [6.45, 7) is 1.43. The van der Waals surface area contributed by atoms with Crippen LogP contribution in [0.25, 0.3) is 5.69 Å². The predicted molar refractivity (Wildman–Crippen MR) is 117 cm³/mol. The average molecular weight is 422 g/mol. The standard InChI is InChI=1S/C23H23N3O3S/c1-16(30-19-10-6-3-7-11-19)23(28)29-15-22(27)24-21-14-20(17-12-13-17)25-26(21)18-8-4-2-5-9-18/h2-11,14,16-17H,12-13,15H2,1H3,(H,24,27)/t16-/m0/s1. The number of carbonyl (C=O) groups is 2. The van der Waals surface area contributed by atoms with Crippen LogP contribution in [0.2, 0.25) is 0 Å². The van der Waals surface area contributed by atoms with E-state index in [-0.39, 0.29) is 12.5 Å². The highest BCUT2D eigenvalue weighted by Gasteiger charge is 2.28. The maximum absolute atomic E-state index is 12.4. The monoisotopic (exact) mass is 421 g/mol. The molecule has 0 radical (unpaired) electrons. The molecule has 0 spiro atoms. The zero-order valence-corrected chi connectivity index (χ0v) is 17.5. The third-order valence-electron chi connectivity index (χ3n) is 4.73. The molecule has 0 unspecified atom stereocenters. The third kappa shape index (κ3) is 5.10. The molecule has 1 heterocycles. The van der Waals surface area contributed by atoms with E-state index < -0.39 is 11.2 Å². The highest BCUT2D eigenvalue weighted by molar-refractivity contribution is 8.00. The van der Waals surface area contributed by atoms with Crippen molar-refractivity contribution in [1.29, 1.82) is 0 Å². The van der Waals surface area contributed by atoms with Crippen LogP contribution in [0.3, 0.4) is 0 Å². The van der Waals surface area contributed by atoms with Gasteiger partial charge in [0, 0.05) is 16.9 Å². The van der Waals surface area contributed by atoms with Gasteiger partial charge in [-0.05, 0) is 44.0 Å². The number of anilines is 1. The Balaban J connectivity index is 1.36. The van der Waals surface area contributed by atoms with Crippen LogP contribution in [0, 0.1) is 0 Å². The topological polar surface area (TPSA) is 73.2 Å². The molecule has 154 valence electrons. The van der Waals surface area contributed by atoms with Gasteiger partial charge in [0.1, 0.15) is 11.1 Å². The molecular weight excluding hydrogens is 398 g/mol. The van der Waals surface area contributed by atoms with Gasteiger partial charge in [-0.15, -0.1) is 11.8 Å². The van der Waals surface area contributed by atoms with E-state index >= 15 is 0 Å². The van der Waals surface area contributed by atoms with Gasteiger partial charge >= 0.3 is 5.97 Å². The lowest BCUT2D eigenvalue weighted by molar-refractivity contribution is -0.146. The number of thioether (sulfide) groups is 1. The summed E-state index contributed by atoms with van der Waals surface area (Å²) in [5, 5.41) is 7.08. The van der Waals surface area contributed by atoms with Crippen molar-refractivity contribution in [2.75, 3.05) is 11.9 Å². The Hall–Kier alpha value is -3.06. The van der Waals surface area contributed by atoms with Crippen molar-refractivity contribution < 1.29 is 14.3 Å². The molecule has 1 aliphatic rings. The van der Waals surface area contributed by atoms with Crippen molar-refractivity contribution >= 4 is 29.5 Å². The van der Waals surface area contributed by atoms with Crippen molar-refractivity contribution in [3.05, 3.63) is 72.4 Å². The van der Waals surface area contributed by atoms with Crippen LogP contribution in [0.5, 0.6) is 0 Å². The second-order valence-electron chi connectivity index (χ2n) is 7.21. The van der Waals surface area contributed by atoms with Crippen molar-refractivity contribution in [2.24, 2.45) is 0 Å². The Morgan fingerprint density at radius 3 is 2.47 bits per heavy atom. The van der Waals surface area contributed by atoms with Crippen molar-refractivity contribution in [2.45, 2.75) is 35.8 Å². The van der Waals surface area contributed by atoms with E-state index in [1.807, 2.05) is 66.7 Å². The van der Waals surface area contributed by atoms with Crippen LogP contribution >= 0.6 is 11.8 Å². The number of para-hydroxylation sites is 1. The Morgan fingerprint density at radius 1 is 1.13 bits per heavy atom. The number of esters is 1. The maximum Gasteiger partial charge on any atom is 0.319 e. The summed E-state index contributed by atoms with van der Waals surface area (Å²) >= 11 is 1.40. The summed E-state index contributed by atoms with van der Waals surface area (Å²) < 4.78 is 6.94. The molecule has 1 atom stereocenters. The zero-order valence-electron chi connectivity index (χ0n) is 16.7. The van der Waals surface area contributed by atoms with E-state index in [9.17, 15) is 9.59 Å². The van der Waals surface area contributed by atoms with Crippen LogP contribution in [0.15, 0.2) is 71.6 Å². The normalized spacial score (nSPS) is 14.2. The Kier molecular flexibility index (Phi) is 6.18. The second kappa shape index (κ2) is 9.17. The molecule has 2 aromatic carbocycles. The van der Waals surface area contributed by atoms with Crippen molar-refractivity contribution in [3.8, 4) is 5.69 Å². The molecule has 0 bridgehead atoms. The average Bonchev–Trinajstić information content (AvgIpc) is 3.54. The smallest absolute Gasteiger partial charge is 0.319 e. The summed E-state index contributed by atoms with van der Waals surface area (Å²) in [7, 11) is 0. The molecule has 1 fully saturated rings. The molecule has 0 aliphatic heterocycles. The number of hydrogen-bond donors (Lipinski definition) is 1. The number of benzene rings is 2. The first-order valence-corrected chi connectivity index (χ1v) is 10.8. The molecule has 6 nitrogen and oxygen atoms in total. The van der Waals surface area contributed by atoms with Gasteiger partial charge in [0.05, 0.1) is 11.4 Å². The molecule has 7 heteroatoms. The van der Waals surface area contributed by atoms with Gasteiger partial charge in [-0.2, -0.15) is 5.10 Å². The lowest BCUT2D eigenvalue weighted by Crippen LogP contribution is -2.25. The van der Waals surface area contributed by atoms with Gasteiger partial charge in [0.25, 0.3) is 5.91 Å². The third-order valence-corrected chi connectivity index (χ3v) is 5.82. The number of hydrogen-bond acceptors (Lipinski definition) is 5. The van der Waals surface area contributed by atoms with Gasteiger partial charge in [0.15, 0.2) is 6.61 Å². The lowest BCUT2D eigenvalue weighted by Gasteiger charge is -2.12. The summed E-state index contributed by atoms with van der Waals surface area (Å²) in [6.07, 6.45) is 2.24. The molecule has 1 N–H and O–H groups in total. The van der Waals surface area contributed by atoms with E-state index in [1.54, 1.807) is 11.6 Å². The SMILES string of the molecule is C[C@H](Sc1ccccc1)C(=O)OCC(=O)Nc1cc(C2CC2)nn1-c1ccccc1. The van der Waals surface area contributed by atoms with Crippen LogP contribution in [0.4, 0.5) is 5.82 Å². The van der Waals surface area contributed by atoms with Crippen LogP contribution in [0.1, 0.15) is 31.4 Å². The van der Waals surface area contributed by atoms with Crippen molar-refractivity contribution in [3.63, 3.8) is 0 Å². The number of carbonyl (C=O) groups excluding carboxylic acids is 2. The van der Waals surface area contributed by atoms with Crippen LogP contribution in [-0.2, 0) is 14.3 Å². The minimum Gasteiger partial charge on any atom is -0.455 e. The second-order valence-corrected chi connectivity index (χ2v) is 8.62. The van der Waals surface area contributed by atoms with E-state index in [4.69, 9.17) is 4.74 Å². The lowest BCUT2D eigenvalue weighted by atomic mass is 10.3. The molecule has 1 saturated carbocycles. The molecule has 3 aromatic rings. The summed E-state index contributed by atoms with van der Waals surface area (Å²) in [5.41, 5.74) is 1.84. The van der Waals surface area contributed by atoms with E-state index in [2.05, 4.69) is 10.4 Å². The zero-order chi connectivity index (χ0) is 20.9. The number of amides is 1. The number of rotatable bonds is 8. The highest BCUT2D eigenvalue weighted by atomic mass is 32.2. The number of nitrogens with zero attached hydrogens (tertiary/aromatic N) is 2. The quantitative estimate of drug-likeness (QED) is 0.431. The minimum atomic E-state index is -0.422. The molecular formula is C23H23N3O3S.